The van der Waals surface area contributed by atoms with Crippen LogP contribution in [0.3, 0.4) is 0 Å². The van der Waals surface area contributed by atoms with Gasteiger partial charge in [-0.15, -0.1) is 0 Å². The van der Waals surface area contributed by atoms with Crippen molar-refractivity contribution in [2.45, 2.75) is 40.2 Å². The maximum atomic E-state index is 3.91. The van der Waals surface area contributed by atoms with Crippen LogP contribution >= 0.6 is 0 Å². The largest absolute Gasteiger partial charge is 0.306 e. The molecule has 0 aliphatic heterocycles. The molecule has 0 aliphatic rings. The molecule has 0 radical (unpaired) electrons. The maximum absolute atomic E-state index is 3.91. The molecule has 0 aliphatic carbocycles. The first-order chi connectivity index (χ1) is 7.99. The van der Waals surface area contributed by atoms with Gasteiger partial charge in [-0.1, -0.05) is 50.3 Å². The third-order valence-corrected chi connectivity index (χ3v) is 2.83. The molecule has 0 saturated carbocycles. The van der Waals surface area contributed by atoms with Gasteiger partial charge in [-0.3, -0.25) is 0 Å². The van der Waals surface area contributed by atoms with Gasteiger partial charge < -0.3 is 5.32 Å². The van der Waals surface area contributed by atoms with Gasteiger partial charge in [-0.25, -0.2) is 0 Å². The predicted octanol–water partition coefficient (Wildman–Crippen LogP) is 4.11. The van der Waals surface area contributed by atoms with Gasteiger partial charge in [0.2, 0.25) is 0 Å². The minimum absolute atomic E-state index is 0.389. The fourth-order valence-electron chi connectivity index (χ4n) is 1.86. The van der Waals surface area contributed by atoms with Gasteiger partial charge in [0.25, 0.3) is 0 Å². The molecule has 0 spiro atoms. The Morgan fingerprint density at radius 3 is 2.24 bits per heavy atom. The molecule has 1 heteroatoms. The summed E-state index contributed by atoms with van der Waals surface area (Å²) in [6.07, 6.45) is 1.16. The lowest BCUT2D eigenvalue weighted by Crippen LogP contribution is -2.20. The van der Waals surface area contributed by atoms with Gasteiger partial charge in [0.05, 0.1) is 0 Å². The van der Waals surface area contributed by atoms with Gasteiger partial charge in [-0.05, 0) is 37.3 Å². The van der Waals surface area contributed by atoms with Gasteiger partial charge in [0.15, 0.2) is 0 Å². The second kappa shape index (κ2) is 6.61. The van der Waals surface area contributed by atoms with Crippen LogP contribution in [0.2, 0.25) is 0 Å². The highest BCUT2D eigenvalue weighted by Gasteiger charge is 2.04. The van der Waals surface area contributed by atoms with Gasteiger partial charge in [0, 0.05) is 12.6 Å². The van der Waals surface area contributed by atoms with E-state index in [9.17, 15) is 0 Å². The Kier molecular flexibility index (Phi) is 5.43. The fraction of sp³-hybridized carbons (Fsp3) is 0.500. The first-order valence-electron chi connectivity index (χ1n) is 6.45. The minimum atomic E-state index is 0.389. The lowest BCUT2D eigenvalue weighted by Gasteiger charge is -2.15. The Labute approximate surface area is 106 Å². The van der Waals surface area contributed by atoms with Crippen LogP contribution in [0, 0.1) is 5.92 Å². The maximum Gasteiger partial charge on any atom is 0.0294 e. The lowest BCUT2D eigenvalue weighted by molar-refractivity contribution is 0.606. The number of rotatable bonds is 6. The van der Waals surface area contributed by atoms with E-state index in [2.05, 4.69) is 56.9 Å². The summed E-state index contributed by atoms with van der Waals surface area (Å²) in [5.41, 5.74) is 3.95. The van der Waals surface area contributed by atoms with E-state index in [1.807, 2.05) is 6.92 Å². The Morgan fingerprint density at radius 1 is 1.18 bits per heavy atom. The van der Waals surface area contributed by atoms with Gasteiger partial charge in [-0.2, -0.15) is 0 Å². The van der Waals surface area contributed by atoms with Crippen LogP contribution in [-0.4, -0.2) is 6.54 Å². The smallest absolute Gasteiger partial charge is 0.0294 e. The van der Waals surface area contributed by atoms with Crippen molar-refractivity contribution in [1.29, 1.82) is 0 Å². The molecule has 1 atom stereocenters. The van der Waals surface area contributed by atoms with Crippen molar-refractivity contribution in [3.63, 3.8) is 0 Å². The molecule has 1 aromatic rings. The van der Waals surface area contributed by atoms with Crippen molar-refractivity contribution >= 4 is 0 Å². The second-order valence-electron chi connectivity index (χ2n) is 5.40. The molecule has 1 nitrogen and oxygen atoms in total. The van der Waals surface area contributed by atoms with E-state index < -0.39 is 0 Å². The van der Waals surface area contributed by atoms with E-state index in [1.165, 1.54) is 16.7 Å². The van der Waals surface area contributed by atoms with Crippen molar-refractivity contribution in [3.8, 4) is 0 Å². The van der Waals surface area contributed by atoms with Gasteiger partial charge >= 0.3 is 0 Å². The van der Waals surface area contributed by atoms with E-state index in [0.29, 0.717) is 6.04 Å². The van der Waals surface area contributed by atoms with Crippen LogP contribution in [0.5, 0.6) is 0 Å². The van der Waals surface area contributed by atoms with Crippen LogP contribution in [0.1, 0.15) is 44.9 Å². The molecule has 0 fully saturated rings. The molecule has 94 valence electrons. The number of nitrogens with one attached hydrogen (secondary N) is 1. The topological polar surface area (TPSA) is 12.0 Å². The summed E-state index contributed by atoms with van der Waals surface area (Å²) in [5.74, 6) is 0.722. The summed E-state index contributed by atoms with van der Waals surface area (Å²) in [6.45, 7) is 13.5. The molecular weight excluding hydrogens is 206 g/mol. The molecule has 1 rings (SSSR count). The molecule has 0 amide bonds. The van der Waals surface area contributed by atoms with E-state index in [-0.39, 0.29) is 0 Å². The molecule has 0 aromatic heterocycles. The monoisotopic (exact) mass is 231 g/mol. The summed E-state index contributed by atoms with van der Waals surface area (Å²) in [5, 5.41) is 3.46. The quantitative estimate of drug-likeness (QED) is 0.726. The van der Waals surface area contributed by atoms with Crippen molar-refractivity contribution in [1.82, 2.24) is 5.32 Å². The molecule has 1 aromatic carbocycles. The van der Waals surface area contributed by atoms with E-state index >= 15 is 0 Å². The van der Waals surface area contributed by atoms with Crippen LogP contribution in [0.15, 0.2) is 36.4 Å². The van der Waals surface area contributed by atoms with Crippen LogP contribution < -0.4 is 5.32 Å². The lowest BCUT2D eigenvalue weighted by atomic mass is 10.00. The summed E-state index contributed by atoms with van der Waals surface area (Å²) in [7, 11) is 0. The zero-order chi connectivity index (χ0) is 12.8. The number of hydrogen-bond acceptors (Lipinski definition) is 1. The molecule has 0 saturated heterocycles. The van der Waals surface area contributed by atoms with Crippen molar-refractivity contribution < 1.29 is 0 Å². The van der Waals surface area contributed by atoms with E-state index in [0.717, 1.165) is 18.9 Å². The van der Waals surface area contributed by atoms with Crippen molar-refractivity contribution in [3.05, 3.63) is 47.5 Å². The minimum Gasteiger partial charge on any atom is -0.306 e. The molecule has 17 heavy (non-hydrogen) atoms. The summed E-state index contributed by atoms with van der Waals surface area (Å²) in [6, 6.07) is 9.34. The highest BCUT2D eigenvalue weighted by atomic mass is 14.9. The summed E-state index contributed by atoms with van der Waals surface area (Å²) >= 11 is 0. The van der Waals surface area contributed by atoms with Gasteiger partial charge in [0.1, 0.15) is 0 Å². The highest BCUT2D eigenvalue weighted by Crippen LogP contribution is 2.15. The van der Waals surface area contributed by atoms with Crippen molar-refractivity contribution in [2.75, 3.05) is 6.54 Å². The van der Waals surface area contributed by atoms with Crippen LogP contribution in [-0.2, 0) is 6.42 Å². The third kappa shape index (κ3) is 5.18. The first kappa shape index (κ1) is 14.0. The summed E-state index contributed by atoms with van der Waals surface area (Å²) < 4.78 is 0. The van der Waals surface area contributed by atoms with E-state index in [1.54, 1.807) is 0 Å². The normalized spacial score (nSPS) is 12.8. The Hall–Kier alpha value is -1.08. The molecular formula is C16H25N. The highest BCUT2D eigenvalue weighted by molar-refractivity contribution is 5.25. The molecule has 1 unspecified atom stereocenters. The third-order valence-electron chi connectivity index (χ3n) is 2.83. The fourth-order valence-corrected chi connectivity index (χ4v) is 1.86. The Bertz CT molecular complexity index is 348. The zero-order valence-electron chi connectivity index (χ0n) is 11.6. The SMILES string of the molecule is C=C(C)CNC(C)c1ccc(CC(C)C)cc1. The Balaban J connectivity index is 2.57. The average molecular weight is 231 g/mol. The summed E-state index contributed by atoms with van der Waals surface area (Å²) in [4.78, 5) is 0. The van der Waals surface area contributed by atoms with Crippen LogP contribution in [0.4, 0.5) is 0 Å². The predicted molar refractivity (Wildman–Crippen MR) is 76.2 cm³/mol. The Morgan fingerprint density at radius 2 is 1.76 bits per heavy atom. The van der Waals surface area contributed by atoms with E-state index in [4.69, 9.17) is 0 Å². The first-order valence-corrected chi connectivity index (χ1v) is 6.45. The zero-order valence-corrected chi connectivity index (χ0v) is 11.6. The second-order valence-corrected chi connectivity index (χ2v) is 5.40. The standard InChI is InChI=1S/C16H25N/c1-12(2)10-15-6-8-16(9-7-15)14(5)17-11-13(3)4/h6-9,12,14,17H,3,10-11H2,1-2,4-5H3. The number of hydrogen-bond donors (Lipinski definition) is 1. The van der Waals surface area contributed by atoms with Crippen molar-refractivity contribution in [2.24, 2.45) is 5.92 Å². The molecule has 1 N–H and O–H groups in total. The van der Waals surface area contributed by atoms with Crippen LogP contribution in [0.25, 0.3) is 0 Å². The number of benzene rings is 1. The average Bonchev–Trinajstić information content (AvgIpc) is 2.26. The molecule has 0 bridgehead atoms. The molecule has 0 heterocycles.